The highest BCUT2D eigenvalue weighted by atomic mass is 32.2. The lowest BCUT2D eigenvalue weighted by Crippen LogP contribution is -2.41. The molecule has 3 rings (SSSR count). The Hall–Kier alpha value is -0.980. The summed E-state index contributed by atoms with van der Waals surface area (Å²) in [5.41, 5.74) is 6.59. The van der Waals surface area contributed by atoms with E-state index in [4.69, 9.17) is 10.5 Å². The number of hydrogen-bond donors (Lipinski definition) is 1. The summed E-state index contributed by atoms with van der Waals surface area (Å²) in [7, 11) is -3.64. The second-order valence-corrected chi connectivity index (χ2v) is 8.59. The molecular weight excluding hydrogens is 305 g/mol. The van der Waals surface area contributed by atoms with Crippen molar-refractivity contribution in [2.45, 2.75) is 47.7 Å². The second kappa shape index (κ2) is 5.91. The quantitative estimate of drug-likeness (QED) is 0.920. The van der Waals surface area contributed by atoms with Crippen molar-refractivity contribution >= 4 is 9.84 Å². The van der Waals surface area contributed by atoms with E-state index in [0.717, 1.165) is 31.2 Å². The Labute approximate surface area is 130 Å². The molecule has 2 N–H and O–H groups in total. The summed E-state index contributed by atoms with van der Waals surface area (Å²) >= 11 is 0. The van der Waals surface area contributed by atoms with Crippen LogP contribution in [-0.4, -0.2) is 33.4 Å². The largest absolute Gasteiger partial charge is 0.379 e. The Morgan fingerprint density at radius 2 is 1.91 bits per heavy atom. The number of nitrogens with two attached hydrogens (primary N) is 1. The summed E-state index contributed by atoms with van der Waals surface area (Å²) < 4.78 is 44.0. The third kappa shape index (κ3) is 2.57. The minimum atomic E-state index is -3.64. The van der Waals surface area contributed by atoms with Crippen molar-refractivity contribution in [3.63, 3.8) is 0 Å². The highest BCUT2D eigenvalue weighted by Gasteiger charge is 2.37. The first kappa shape index (κ1) is 15.9. The molecule has 6 heteroatoms. The fraction of sp³-hybridized carbons (Fsp3) is 0.625. The molecule has 1 aromatic rings. The standard InChI is InChI=1S/C16H22FNO3S/c17-14-8-12(16(11-18)6-2-1-3-7-16)4-5-15(14)22(19,20)13-9-21-10-13/h4-5,8,13H,1-3,6-7,9-11,18H2. The van der Waals surface area contributed by atoms with E-state index in [1.165, 1.54) is 18.6 Å². The normalized spacial score (nSPS) is 22.3. The summed E-state index contributed by atoms with van der Waals surface area (Å²) in [5.74, 6) is -0.664. The summed E-state index contributed by atoms with van der Waals surface area (Å²) in [5, 5.41) is -0.619. The smallest absolute Gasteiger partial charge is 0.188 e. The van der Waals surface area contributed by atoms with Gasteiger partial charge in [0.1, 0.15) is 16.0 Å². The summed E-state index contributed by atoms with van der Waals surface area (Å²) in [6, 6.07) is 4.53. The van der Waals surface area contributed by atoms with E-state index in [9.17, 15) is 12.8 Å². The van der Waals surface area contributed by atoms with Gasteiger partial charge in [-0.3, -0.25) is 0 Å². The molecule has 0 unspecified atom stereocenters. The van der Waals surface area contributed by atoms with Crippen molar-refractivity contribution in [2.75, 3.05) is 19.8 Å². The maximum Gasteiger partial charge on any atom is 0.188 e. The molecule has 0 bridgehead atoms. The van der Waals surface area contributed by atoms with Gasteiger partial charge < -0.3 is 10.5 Å². The number of ether oxygens (including phenoxy) is 1. The first-order valence-corrected chi connectivity index (χ1v) is 9.36. The molecule has 22 heavy (non-hydrogen) atoms. The second-order valence-electron chi connectivity index (χ2n) is 6.39. The molecule has 0 amide bonds. The molecule has 1 aromatic carbocycles. The fourth-order valence-corrected chi connectivity index (χ4v) is 4.97. The lowest BCUT2D eigenvalue weighted by atomic mass is 9.69. The Morgan fingerprint density at radius 3 is 2.41 bits per heavy atom. The molecule has 4 nitrogen and oxygen atoms in total. The first-order chi connectivity index (χ1) is 10.5. The van der Waals surface area contributed by atoms with Crippen molar-refractivity contribution in [3.05, 3.63) is 29.6 Å². The van der Waals surface area contributed by atoms with Gasteiger partial charge in [0.15, 0.2) is 9.84 Å². The van der Waals surface area contributed by atoms with E-state index < -0.39 is 20.9 Å². The van der Waals surface area contributed by atoms with Gasteiger partial charge in [-0.2, -0.15) is 0 Å². The fourth-order valence-electron chi connectivity index (χ4n) is 3.47. The molecule has 0 aromatic heterocycles. The summed E-state index contributed by atoms with van der Waals surface area (Å²) in [6.07, 6.45) is 5.21. The predicted octanol–water partition coefficient (Wildman–Crippen LogP) is 2.16. The molecule has 0 spiro atoms. The molecule has 0 radical (unpaired) electrons. The van der Waals surface area contributed by atoms with Gasteiger partial charge in [-0.1, -0.05) is 25.3 Å². The minimum Gasteiger partial charge on any atom is -0.379 e. The highest BCUT2D eigenvalue weighted by molar-refractivity contribution is 7.92. The van der Waals surface area contributed by atoms with Crippen molar-refractivity contribution in [3.8, 4) is 0 Å². The van der Waals surface area contributed by atoms with Gasteiger partial charge in [-0.25, -0.2) is 12.8 Å². The van der Waals surface area contributed by atoms with E-state index in [2.05, 4.69) is 0 Å². The van der Waals surface area contributed by atoms with Gasteiger partial charge in [0.2, 0.25) is 0 Å². The predicted molar refractivity (Wildman–Crippen MR) is 82.0 cm³/mol. The Balaban J connectivity index is 1.95. The number of benzene rings is 1. The van der Waals surface area contributed by atoms with E-state index in [0.29, 0.717) is 6.54 Å². The van der Waals surface area contributed by atoms with Crippen molar-refractivity contribution in [1.29, 1.82) is 0 Å². The average molecular weight is 327 g/mol. The van der Waals surface area contributed by atoms with Crippen LogP contribution in [0.2, 0.25) is 0 Å². The van der Waals surface area contributed by atoms with Crippen LogP contribution in [0.25, 0.3) is 0 Å². The zero-order valence-electron chi connectivity index (χ0n) is 12.6. The summed E-state index contributed by atoms with van der Waals surface area (Å²) in [4.78, 5) is -0.215. The van der Waals surface area contributed by atoms with E-state index in [1.54, 1.807) is 6.07 Å². The maximum absolute atomic E-state index is 14.5. The molecule has 2 aliphatic rings. The van der Waals surface area contributed by atoms with E-state index in [1.807, 2.05) is 0 Å². The van der Waals surface area contributed by atoms with Gasteiger partial charge in [-0.05, 0) is 30.5 Å². The zero-order valence-corrected chi connectivity index (χ0v) is 13.4. The monoisotopic (exact) mass is 327 g/mol. The number of sulfone groups is 1. The van der Waals surface area contributed by atoms with Crippen LogP contribution < -0.4 is 5.73 Å². The van der Waals surface area contributed by atoms with Crippen molar-refractivity contribution in [1.82, 2.24) is 0 Å². The lowest BCUT2D eigenvalue weighted by Gasteiger charge is -2.37. The maximum atomic E-state index is 14.5. The molecule has 1 heterocycles. The molecule has 0 atom stereocenters. The first-order valence-electron chi connectivity index (χ1n) is 7.81. The van der Waals surface area contributed by atoms with Crippen LogP contribution in [0.15, 0.2) is 23.1 Å². The Bertz CT molecular complexity index is 649. The number of halogens is 1. The Kier molecular flexibility index (Phi) is 4.27. The van der Waals surface area contributed by atoms with Gasteiger partial charge in [0.25, 0.3) is 0 Å². The van der Waals surface area contributed by atoms with Crippen LogP contribution in [0, 0.1) is 5.82 Å². The van der Waals surface area contributed by atoms with Crippen LogP contribution in [-0.2, 0) is 20.0 Å². The third-order valence-electron chi connectivity index (χ3n) is 5.10. The third-order valence-corrected chi connectivity index (χ3v) is 7.19. The number of rotatable bonds is 4. The topological polar surface area (TPSA) is 69.4 Å². The van der Waals surface area contributed by atoms with Crippen molar-refractivity contribution in [2.24, 2.45) is 5.73 Å². The molecule has 1 saturated heterocycles. The van der Waals surface area contributed by atoms with Crippen LogP contribution in [0.1, 0.15) is 37.7 Å². The SMILES string of the molecule is NCC1(c2ccc(S(=O)(=O)C3COC3)c(F)c2)CCCCC1. The molecule has 122 valence electrons. The number of hydrogen-bond acceptors (Lipinski definition) is 4. The molecule has 1 aliphatic carbocycles. The van der Waals surface area contributed by atoms with Crippen LogP contribution in [0.5, 0.6) is 0 Å². The zero-order chi connectivity index (χ0) is 15.8. The average Bonchev–Trinajstić information content (AvgIpc) is 2.45. The van der Waals surface area contributed by atoms with Gasteiger partial charge in [0.05, 0.1) is 13.2 Å². The molecule has 2 fully saturated rings. The molecule has 1 saturated carbocycles. The lowest BCUT2D eigenvalue weighted by molar-refractivity contribution is 0.0415. The molecular formula is C16H22FNO3S. The van der Waals surface area contributed by atoms with E-state index >= 15 is 0 Å². The van der Waals surface area contributed by atoms with Gasteiger partial charge in [-0.15, -0.1) is 0 Å². The van der Waals surface area contributed by atoms with Crippen LogP contribution in [0.3, 0.4) is 0 Å². The Morgan fingerprint density at radius 1 is 1.23 bits per heavy atom. The summed E-state index contributed by atoms with van der Waals surface area (Å²) in [6.45, 7) is 0.765. The van der Waals surface area contributed by atoms with Gasteiger partial charge in [0, 0.05) is 12.0 Å². The van der Waals surface area contributed by atoms with Crippen LogP contribution in [0.4, 0.5) is 4.39 Å². The van der Waals surface area contributed by atoms with E-state index in [-0.39, 0.29) is 23.5 Å². The van der Waals surface area contributed by atoms with Gasteiger partial charge >= 0.3 is 0 Å². The van der Waals surface area contributed by atoms with Crippen LogP contribution >= 0.6 is 0 Å². The van der Waals surface area contributed by atoms with Crippen molar-refractivity contribution < 1.29 is 17.5 Å². The molecule has 1 aliphatic heterocycles. The minimum absolute atomic E-state index is 0.149. The highest BCUT2D eigenvalue weighted by Crippen LogP contribution is 2.39.